The van der Waals surface area contributed by atoms with E-state index in [1.165, 1.54) is 0 Å². The number of aromatic nitrogens is 1. The quantitative estimate of drug-likeness (QED) is 0.793. The van der Waals surface area contributed by atoms with Crippen LogP contribution in [0.3, 0.4) is 0 Å². The topological polar surface area (TPSA) is 48.1 Å². The van der Waals surface area contributed by atoms with Crippen LogP contribution in [-0.4, -0.2) is 4.98 Å². The summed E-state index contributed by atoms with van der Waals surface area (Å²) in [4.78, 5) is 4.55. The molecule has 0 amide bonds. The van der Waals surface area contributed by atoms with Gasteiger partial charge in [0.25, 0.3) is 0 Å². The van der Waals surface area contributed by atoms with Crippen molar-refractivity contribution in [1.29, 1.82) is 0 Å². The number of aryl methyl sites for hydroxylation is 1. The number of hydrogen-bond acceptors (Lipinski definition) is 3. The van der Waals surface area contributed by atoms with Crippen molar-refractivity contribution < 1.29 is 4.74 Å². The molecule has 0 aliphatic heterocycles. The molecule has 3 heteroatoms. The lowest BCUT2D eigenvalue weighted by atomic mass is 10.1. The van der Waals surface area contributed by atoms with Gasteiger partial charge >= 0.3 is 0 Å². The highest BCUT2D eigenvalue weighted by molar-refractivity contribution is 5.82. The maximum atomic E-state index is 5.97. The summed E-state index contributed by atoms with van der Waals surface area (Å²) < 4.78 is 5.97. The fraction of sp³-hybridized carbons (Fsp3) is 0.167. The third-order valence-corrected chi connectivity index (χ3v) is 3.51. The Bertz CT molecular complexity index is 768. The zero-order valence-corrected chi connectivity index (χ0v) is 12.0. The summed E-state index contributed by atoms with van der Waals surface area (Å²) in [6.07, 6.45) is 0. The van der Waals surface area contributed by atoms with Crippen molar-refractivity contribution in [3.8, 4) is 5.75 Å². The highest BCUT2D eigenvalue weighted by Gasteiger charge is 2.06. The van der Waals surface area contributed by atoms with Crippen LogP contribution >= 0.6 is 0 Å². The van der Waals surface area contributed by atoms with Crippen LogP contribution < -0.4 is 10.5 Å². The van der Waals surface area contributed by atoms with Gasteiger partial charge in [0, 0.05) is 28.8 Å². The number of pyridine rings is 1. The first-order chi connectivity index (χ1) is 10.3. The maximum Gasteiger partial charge on any atom is 0.124 e. The van der Waals surface area contributed by atoms with E-state index in [4.69, 9.17) is 10.5 Å². The van der Waals surface area contributed by atoms with E-state index >= 15 is 0 Å². The molecule has 106 valence electrons. The number of ether oxygens (including phenoxy) is 1. The molecule has 0 radical (unpaired) electrons. The van der Waals surface area contributed by atoms with Gasteiger partial charge < -0.3 is 10.5 Å². The van der Waals surface area contributed by atoms with Gasteiger partial charge in [-0.3, -0.25) is 4.98 Å². The molecule has 0 fully saturated rings. The first-order valence-corrected chi connectivity index (χ1v) is 7.04. The van der Waals surface area contributed by atoms with Crippen molar-refractivity contribution in [3.05, 3.63) is 71.4 Å². The van der Waals surface area contributed by atoms with Gasteiger partial charge in [-0.15, -0.1) is 0 Å². The lowest BCUT2D eigenvalue weighted by Crippen LogP contribution is -2.03. The lowest BCUT2D eigenvalue weighted by molar-refractivity contribution is 0.304. The van der Waals surface area contributed by atoms with Crippen LogP contribution in [0.4, 0.5) is 0 Å². The Hall–Kier alpha value is -2.39. The van der Waals surface area contributed by atoms with Crippen LogP contribution in [0.2, 0.25) is 0 Å². The molecular weight excluding hydrogens is 260 g/mol. The molecule has 3 aromatic rings. The third kappa shape index (κ3) is 2.88. The summed E-state index contributed by atoms with van der Waals surface area (Å²) in [6, 6.07) is 18.1. The summed E-state index contributed by atoms with van der Waals surface area (Å²) in [7, 11) is 0. The summed E-state index contributed by atoms with van der Waals surface area (Å²) in [6.45, 7) is 3.00. The maximum absolute atomic E-state index is 5.97. The monoisotopic (exact) mass is 278 g/mol. The van der Waals surface area contributed by atoms with E-state index < -0.39 is 0 Å². The Labute approximate surface area is 124 Å². The largest absolute Gasteiger partial charge is 0.489 e. The Kier molecular flexibility index (Phi) is 3.84. The number of nitrogens with zero attached hydrogens (tertiary/aromatic N) is 1. The Morgan fingerprint density at radius 3 is 2.62 bits per heavy atom. The van der Waals surface area contributed by atoms with Gasteiger partial charge in [-0.25, -0.2) is 0 Å². The Morgan fingerprint density at radius 2 is 1.76 bits per heavy atom. The number of rotatable bonds is 4. The van der Waals surface area contributed by atoms with E-state index in [0.717, 1.165) is 33.5 Å². The average Bonchev–Trinajstić information content (AvgIpc) is 2.52. The van der Waals surface area contributed by atoms with Crippen LogP contribution in [0.25, 0.3) is 10.9 Å². The molecular formula is C18H18N2O. The molecule has 0 spiro atoms. The zero-order valence-electron chi connectivity index (χ0n) is 12.0. The number of benzene rings is 2. The zero-order chi connectivity index (χ0) is 14.7. The van der Waals surface area contributed by atoms with E-state index in [1.54, 1.807) is 0 Å². The molecule has 2 N–H and O–H groups in total. The minimum Gasteiger partial charge on any atom is -0.489 e. The van der Waals surface area contributed by atoms with Crippen molar-refractivity contribution in [2.24, 2.45) is 5.73 Å². The Balaban J connectivity index is 1.92. The summed E-state index contributed by atoms with van der Waals surface area (Å²) in [5.74, 6) is 0.846. The molecule has 3 rings (SSSR count). The molecule has 0 unspecified atom stereocenters. The molecule has 2 aromatic carbocycles. The van der Waals surface area contributed by atoms with Crippen molar-refractivity contribution in [3.63, 3.8) is 0 Å². The van der Waals surface area contributed by atoms with Crippen molar-refractivity contribution >= 4 is 10.9 Å². The number of para-hydroxylation sites is 2. The first kappa shape index (κ1) is 13.6. The number of nitrogens with two attached hydrogens (primary N) is 1. The fourth-order valence-corrected chi connectivity index (χ4v) is 2.48. The minimum absolute atomic E-state index is 0.478. The molecule has 0 bridgehead atoms. The highest BCUT2D eigenvalue weighted by atomic mass is 16.5. The molecule has 0 saturated carbocycles. The minimum atomic E-state index is 0.478. The second kappa shape index (κ2) is 5.94. The van der Waals surface area contributed by atoms with Crippen molar-refractivity contribution in [1.82, 2.24) is 4.98 Å². The van der Waals surface area contributed by atoms with E-state index in [0.29, 0.717) is 13.2 Å². The number of hydrogen-bond donors (Lipinski definition) is 1. The normalized spacial score (nSPS) is 10.8. The molecule has 0 saturated heterocycles. The summed E-state index contributed by atoms with van der Waals surface area (Å²) in [5.41, 5.74) is 9.91. The highest BCUT2D eigenvalue weighted by Crippen LogP contribution is 2.22. The average molecular weight is 278 g/mol. The molecule has 1 heterocycles. The van der Waals surface area contributed by atoms with Gasteiger partial charge in [0.1, 0.15) is 12.4 Å². The van der Waals surface area contributed by atoms with E-state index in [9.17, 15) is 0 Å². The van der Waals surface area contributed by atoms with Gasteiger partial charge in [0.05, 0.1) is 5.52 Å². The first-order valence-electron chi connectivity index (χ1n) is 7.04. The number of fused-ring (bicyclic) bond motifs is 1. The van der Waals surface area contributed by atoms with E-state index in [-0.39, 0.29) is 0 Å². The van der Waals surface area contributed by atoms with Crippen LogP contribution in [-0.2, 0) is 13.2 Å². The van der Waals surface area contributed by atoms with Crippen molar-refractivity contribution in [2.75, 3.05) is 0 Å². The molecule has 3 nitrogen and oxygen atoms in total. The molecule has 21 heavy (non-hydrogen) atoms. The SMILES string of the molecule is Cc1cc(COc2ccccc2CN)c2ccccc2n1. The third-order valence-electron chi connectivity index (χ3n) is 3.51. The molecule has 0 aliphatic rings. The molecule has 0 atom stereocenters. The predicted molar refractivity (Wildman–Crippen MR) is 85.1 cm³/mol. The molecule has 0 aliphatic carbocycles. The van der Waals surface area contributed by atoms with Gasteiger partial charge in [0.2, 0.25) is 0 Å². The van der Waals surface area contributed by atoms with Crippen LogP contribution in [0.5, 0.6) is 5.75 Å². The van der Waals surface area contributed by atoms with Crippen LogP contribution in [0, 0.1) is 6.92 Å². The van der Waals surface area contributed by atoms with Gasteiger partial charge in [0.15, 0.2) is 0 Å². The standard InChI is InChI=1S/C18H18N2O/c1-13-10-15(16-7-3-4-8-17(16)20-13)12-21-18-9-5-2-6-14(18)11-19/h2-10H,11-12,19H2,1H3. The van der Waals surface area contributed by atoms with Gasteiger partial charge in [-0.2, -0.15) is 0 Å². The molecule has 1 aromatic heterocycles. The van der Waals surface area contributed by atoms with Crippen LogP contribution in [0.1, 0.15) is 16.8 Å². The van der Waals surface area contributed by atoms with Gasteiger partial charge in [-0.05, 0) is 25.1 Å². The summed E-state index contributed by atoms with van der Waals surface area (Å²) >= 11 is 0. The van der Waals surface area contributed by atoms with E-state index in [1.807, 2.05) is 49.4 Å². The predicted octanol–water partition coefficient (Wildman–Crippen LogP) is 3.58. The lowest BCUT2D eigenvalue weighted by Gasteiger charge is -2.12. The van der Waals surface area contributed by atoms with Crippen LogP contribution in [0.15, 0.2) is 54.6 Å². The Morgan fingerprint density at radius 1 is 1.00 bits per heavy atom. The second-order valence-corrected chi connectivity index (χ2v) is 5.04. The fourth-order valence-electron chi connectivity index (χ4n) is 2.48. The van der Waals surface area contributed by atoms with Gasteiger partial charge in [-0.1, -0.05) is 36.4 Å². The second-order valence-electron chi connectivity index (χ2n) is 5.04. The van der Waals surface area contributed by atoms with E-state index in [2.05, 4.69) is 17.1 Å². The summed E-state index contributed by atoms with van der Waals surface area (Å²) in [5, 5.41) is 1.13. The smallest absolute Gasteiger partial charge is 0.124 e. The van der Waals surface area contributed by atoms with Crippen molar-refractivity contribution in [2.45, 2.75) is 20.1 Å².